The van der Waals surface area contributed by atoms with Crippen molar-refractivity contribution in [2.24, 2.45) is 0 Å². The Morgan fingerprint density at radius 3 is 2.25 bits per heavy atom. The molecule has 0 aromatic heterocycles. The summed E-state index contributed by atoms with van der Waals surface area (Å²) in [5.74, 6) is 0. The van der Waals surface area contributed by atoms with Gasteiger partial charge in [0.1, 0.15) is 5.60 Å². The monoisotopic (exact) mass is 244 g/mol. The van der Waals surface area contributed by atoms with E-state index in [9.17, 15) is 5.11 Å². The van der Waals surface area contributed by atoms with Crippen LogP contribution in [0.4, 0.5) is 0 Å². The summed E-state index contributed by atoms with van der Waals surface area (Å²) in [5.41, 5.74) is -0.740. The van der Waals surface area contributed by atoms with E-state index >= 15 is 0 Å². The minimum atomic E-state index is -0.740. The summed E-state index contributed by atoms with van der Waals surface area (Å²) in [6, 6.07) is 0. The number of aliphatic hydroxyl groups is 1. The van der Waals surface area contributed by atoms with Crippen molar-refractivity contribution in [1.29, 1.82) is 0 Å². The van der Waals surface area contributed by atoms with Gasteiger partial charge in [-0.3, -0.25) is 0 Å². The molecule has 0 aromatic rings. The summed E-state index contributed by atoms with van der Waals surface area (Å²) in [4.78, 5) is 0. The molecule has 0 aliphatic rings. The van der Waals surface area contributed by atoms with E-state index in [2.05, 4.69) is 0 Å². The minimum absolute atomic E-state index is 0.637. The van der Waals surface area contributed by atoms with Gasteiger partial charge < -0.3 is 5.11 Å². The molecule has 0 saturated carbocycles. The third-order valence-corrected chi connectivity index (χ3v) is 2.71. The smallest absolute Gasteiger partial charge is 0.102 e. The molecule has 48 valence electrons. The van der Waals surface area contributed by atoms with Gasteiger partial charge in [0, 0.05) is 0 Å². The first-order chi connectivity index (χ1) is 3.50. The number of hydrogen-bond donors (Lipinski definition) is 1. The molecule has 1 atom stereocenters. The Hall–Kier alpha value is 0.780. The highest BCUT2D eigenvalue weighted by Gasteiger charge is 2.20. The third kappa shape index (κ3) is 2.37. The van der Waals surface area contributed by atoms with E-state index in [0.717, 1.165) is 0 Å². The maximum Gasteiger partial charge on any atom is 0.102 e. The zero-order chi connectivity index (χ0) is 6.78. The molecule has 8 heavy (non-hydrogen) atoms. The molecule has 3 heteroatoms. The first-order valence-electron chi connectivity index (χ1n) is 2.43. The van der Waals surface area contributed by atoms with Gasteiger partial charge in [0.25, 0.3) is 0 Å². The molecule has 0 fully saturated rings. The van der Waals surface area contributed by atoms with Gasteiger partial charge >= 0.3 is 0 Å². The lowest BCUT2D eigenvalue weighted by Crippen LogP contribution is -2.28. The van der Waals surface area contributed by atoms with E-state index in [4.69, 9.17) is 12.2 Å². The molecule has 0 aliphatic heterocycles. The SMILES string of the molecule is CCC(C)(O)C(=S)I. The second-order valence-corrected chi connectivity index (χ2v) is 4.12. The van der Waals surface area contributed by atoms with E-state index in [-0.39, 0.29) is 0 Å². The molecular formula is C5H9IOS. The van der Waals surface area contributed by atoms with Crippen molar-refractivity contribution in [3.8, 4) is 0 Å². The third-order valence-electron chi connectivity index (χ3n) is 1.11. The van der Waals surface area contributed by atoms with Gasteiger partial charge in [0.15, 0.2) is 0 Å². The molecule has 1 N–H and O–H groups in total. The van der Waals surface area contributed by atoms with Crippen LogP contribution in [0.2, 0.25) is 0 Å². The Morgan fingerprint density at radius 2 is 2.25 bits per heavy atom. The van der Waals surface area contributed by atoms with Crippen LogP contribution in [-0.2, 0) is 0 Å². The quantitative estimate of drug-likeness (QED) is 0.455. The van der Waals surface area contributed by atoms with E-state index in [1.165, 1.54) is 0 Å². The molecular weight excluding hydrogens is 235 g/mol. The molecule has 0 spiro atoms. The van der Waals surface area contributed by atoms with Crippen LogP contribution in [-0.4, -0.2) is 13.6 Å². The van der Waals surface area contributed by atoms with Gasteiger partial charge in [0.2, 0.25) is 0 Å². The highest BCUT2D eigenvalue weighted by Crippen LogP contribution is 2.15. The molecule has 0 rings (SSSR count). The van der Waals surface area contributed by atoms with Crippen LogP contribution in [0.3, 0.4) is 0 Å². The van der Waals surface area contributed by atoms with Crippen molar-refractivity contribution in [2.75, 3.05) is 0 Å². The first kappa shape index (κ1) is 8.78. The van der Waals surface area contributed by atoms with Gasteiger partial charge in [0.05, 0.1) is 2.87 Å². The summed E-state index contributed by atoms with van der Waals surface area (Å²) in [6.45, 7) is 3.63. The molecule has 1 unspecified atom stereocenters. The second kappa shape index (κ2) is 3.08. The number of thiocarbonyl (C=S) groups is 1. The van der Waals surface area contributed by atoms with Crippen molar-refractivity contribution in [2.45, 2.75) is 25.9 Å². The molecule has 0 saturated heterocycles. The van der Waals surface area contributed by atoms with E-state index in [0.29, 0.717) is 9.29 Å². The van der Waals surface area contributed by atoms with Crippen molar-refractivity contribution in [1.82, 2.24) is 0 Å². The van der Waals surface area contributed by atoms with Gasteiger partial charge in [-0.2, -0.15) is 0 Å². The van der Waals surface area contributed by atoms with Crippen LogP contribution in [0, 0.1) is 0 Å². The lowest BCUT2D eigenvalue weighted by Gasteiger charge is -2.17. The van der Waals surface area contributed by atoms with Crippen molar-refractivity contribution in [3.05, 3.63) is 0 Å². The van der Waals surface area contributed by atoms with Crippen LogP contribution in [0.25, 0.3) is 0 Å². The zero-order valence-corrected chi connectivity index (χ0v) is 7.91. The highest BCUT2D eigenvalue weighted by molar-refractivity contribution is 14.1. The Balaban J connectivity index is 3.91. The second-order valence-electron chi connectivity index (χ2n) is 1.90. The number of rotatable bonds is 2. The van der Waals surface area contributed by atoms with Gasteiger partial charge in [-0.15, -0.1) is 0 Å². The molecule has 0 amide bonds. The van der Waals surface area contributed by atoms with Crippen LogP contribution in [0.15, 0.2) is 0 Å². The summed E-state index contributed by atoms with van der Waals surface area (Å²) in [5, 5.41) is 9.25. The average Bonchev–Trinajstić information content (AvgIpc) is 1.67. The van der Waals surface area contributed by atoms with Crippen LogP contribution in [0.1, 0.15) is 20.3 Å². The Kier molecular flexibility index (Phi) is 3.38. The van der Waals surface area contributed by atoms with E-state index in [1.807, 2.05) is 29.5 Å². The molecule has 1 nitrogen and oxygen atoms in total. The predicted octanol–water partition coefficient (Wildman–Crippen LogP) is 1.91. The Labute approximate surface area is 68.6 Å². The molecule has 0 aliphatic carbocycles. The number of hydrogen-bond acceptors (Lipinski definition) is 2. The predicted molar refractivity (Wildman–Crippen MR) is 47.5 cm³/mol. The van der Waals surface area contributed by atoms with Crippen LogP contribution in [0.5, 0.6) is 0 Å². The molecule has 0 heterocycles. The fraction of sp³-hybridized carbons (Fsp3) is 0.800. The van der Waals surface area contributed by atoms with E-state index < -0.39 is 5.60 Å². The first-order valence-corrected chi connectivity index (χ1v) is 3.91. The van der Waals surface area contributed by atoms with Gasteiger partial charge in [-0.05, 0) is 35.9 Å². The fourth-order valence-corrected chi connectivity index (χ4v) is 0.665. The average molecular weight is 244 g/mol. The topological polar surface area (TPSA) is 20.2 Å². The van der Waals surface area contributed by atoms with Crippen molar-refractivity contribution in [3.63, 3.8) is 0 Å². The Morgan fingerprint density at radius 1 is 1.88 bits per heavy atom. The largest absolute Gasteiger partial charge is 0.384 e. The van der Waals surface area contributed by atoms with E-state index in [1.54, 1.807) is 6.92 Å². The molecule has 0 aromatic carbocycles. The summed E-state index contributed by atoms with van der Waals surface area (Å²) in [6.07, 6.45) is 0.689. The molecule has 0 bridgehead atoms. The lowest BCUT2D eigenvalue weighted by molar-refractivity contribution is 0.135. The van der Waals surface area contributed by atoms with Crippen molar-refractivity contribution >= 4 is 37.7 Å². The number of halogens is 1. The lowest BCUT2D eigenvalue weighted by atomic mass is 10.1. The Bertz CT molecular complexity index is 101. The fourth-order valence-electron chi connectivity index (χ4n) is 0.139. The summed E-state index contributed by atoms with van der Waals surface area (Å²) >= 11 is 6.73. The van der Waals surface area contributed by atoms with Gasteiger partial charge in [-0.1, -0.05) is 19.1 Å². The normalized spacial score (nSPS) is 17.5. The molecule has 0 radical (unpaired) electrons. The highest BCUT2D eigenvalue weighted by atomic mass is 127. The van der Waals surface area contributed by atoms with Gasteiger partial charge in [-0.25, -0.2) is 0 Å². The minimum Gasteiger partial charge on any atom is -0.384 e. The maximum atomic E-state index is 9.25. The summed E-state index contributed by atoms with van der Waals surface area (Å²) < 4.78 is 0.637. The van der Waals surface area contributed by atoms with Crippen molar-refractivity contribution < 1.29 is 5.11 Å². The van der Waals surface area contributed by atoms with Crippen LogP contribution >= 0.6 is 34.8 Å². The summed E-state index contributed by atoms with van der Waals surface area (Å²) in [7, 11) is 0. The standard InChI is InChI=1S/C5H9IOS/c1-3-5(2,7)4(6)8/h7H,3H2,1-2H3. The maximum absolute atomic E-state index is 9.25. The van der Waals surface area contributed by atoms with Crippen LogP contribution < -0.4 is 0 Å². The zero-order valence-electron chi connectivity index (χ0n) is 4.94.